The van der Waals surface area contributed by atoms with Crippen LogP contribution in [0, 0.1) is 5.82 Å². The minimum Gasteiger partial charge on any atom is -0.353 e. The van der Waals surface area contributed by atoms with Crippen molar-refractivity contribution in [3.05, 3.63) is 30.1 Å². The first-order valence-electron chi connectivity index (χ1n) is 6.48. The Hall–Kier alpha value is -1.91. The average molecular weight is 264 g/mol. The fourth-order valence-corrected chi connectivity index (χ4v) is 2.23. The van der Waals surface area contributed by atoms with Crippen LogP contribution in [0.4, 0.5) is 10.1 Å². The molecule has 0 radical (unpaired) electrons. The van der Waals surface area contributed by atoms with Crippen LogP contribution in [0.25, 0.3) is 0 Å². The summed E-state index contributed by atoms with van der Waals surface area (Å²) in [6.45, 7) is 0. The summed E-state index contributed by atoms with van der Waals surface area (Å²) in [5.41, 5.74) is 0.486. The van der Waals surface area contributed by atoms with Crippen LogP contribution in [-0.4, -0.2) is 17.9 Å². The van der Waals surface area contributed by atoms with Gasteiger partial charge in [-0.25, -0.2) is 4.39 Å². The molecule has 1 saturated carbocycles. The highest BCUT2D eigenvalue weighted by Crippen LogP contribution is 2.17. The maximum atomic E-state index is 12.7. The molecule has 0 bridgehead atoms. The van der Waals surface area contributed by atoms with E-state index in [1.807, 2.05) is 0 Å². The molecule has 1 aliphatic carbocycles. The number of hydrogen-bond donors (Lipinski definition) is 2. The number of hydrogen-bond acceptors (Lipinski definition) is 2. The van der Waals surface area contributed by atoms with Crippen molar-refractivity contribution < 1.29 is 14.0 Å². The molecule has 0 aliphatic heterocycles. The number of anilines is 1. The molecule has 5 heteroatoms. The van der Waals surface area contributed by atoms with Gasteiger partial charge in [0.1, 0.15) is 12.2 Å². The Morgan fingerprint density at radius 3 is 2.37 bits per heavy atom. The summed E-state index contributed by atoms with van der Waals surface area (Å²) < 4.78 is 12.7. The maximum absolute atomic E-state index is 12.7. The van der Waals surface area contributed by atoms with E-state index in [0.29, 0.717) is 5.69 Å². The molecule has 2 N–H and O–H groups in total. The highest BCUT2D eigenvalue weighted by Gasteiger charge is 2.18. The molecule has 0 aromatic heterocycles. The summed E-state index contributed by atoms with van der Waals surface area (Å²) in [5.74, 6) is -1.01. The normalized spacial score (nSPS) is 15.2. The van der Waals surface area contributed by atoms with E-state index < -0.39 is 0 Å². The smallest absolute Gasteiger partial charge is 0.233 e. The van der Waals surface area contributed by atoms with Gasteiger partial charge in [0.25, 0.3) is 0 Å². The van der Waals surface area contributed by atoms with E-state index >= 15 is 0 Å². The van der Waals surface area contributed by atoms with Crippen molar-refractivity contribution in [2.75, 3.05) is 5.32 Å². The average Bonchev–Trinajstić information content (AvgIpc) is 2.84. The van der Waals surface area contributed by atoms with Gasteiger partial charge < -0.3 is 10.6 Å². The molecule has 2 rings (SSSR count). The van der Waals surface area contributed by atoms with E-state index in [-0.39, 0.29) is 30.1 Å². The van der Waals surface area contributed by atoms with Crippen molar-refractivity contribution >= 4 is 17.5 Å². The van der Waals surface area contributed by atoms with Crippen LogP contribution in [0.15, 0.2) is 24.3 Å². The molecule has 4 nitrogen and oxygen atoms in total. The molecule has 19 heavy (non-hydrogen) atoms. The first-order chi connectivity index (χ1) is 9.13. The number of benzene rings is 1. The van der Waals surface area contributed by atoms with Crippen LogP contribution in [0.3, 0.4) is 0 Å². The predicted octanol–water partition coefficient (Wildman–Crippen LogP) is 2.21. The second kappa shape index (κ2) is 6.31. The Morgan fingerprint density at radius 2 is 1.74 bits per heavy atom. The van der Waals surface area contributed by atoms with Gasteiger partial charge in [-0.1, -0.05) is 12.8 Å². The Bertz CT molecular complexity index is 453. The molecule has 0 spiro atoms. The first kappa shape index (κ1) is 13.5. The topological polar surface area (TPSA) is 58.2 Å². The van der Waals surface area contributed by atoms with Crippen LogP contribution < -0.4 is 10.6 Å². The largest absolute Gasteiger partial charge is 0.353 e. The zero-order valence-electron chi connectivity index (χ0n) is 10.6. The van der Waals surface area contributed by atoms with E-state index in [9.17, 15) is 14.0 Å². The van der Waals surface area contributed by atoms with Crippen LogP contribution in [0.5, 0.6) is 0 Å². The zero-order chi connectivity index (χ0) is 13.7. The lowest BCUT2D eigenvalue weighted by Crippen LogP contribution is -2.34. The molecule has 0 atom stereocenters. The minimum absolute atomic E-state index is 0.201. The van der Waals surface area contributed by atoms with Gasteiger partial charge in [0, 0.05) is 11.7 Å². The number of carbonyl (C=O) groups excluding carboxylic acids is 2. The summed E-state index contributed by atoms with van der Waals surface area (Å²) >= 11 is 0. The third-order valence-electron chi connectivity index (χ3n) is 3.17. The van der Waals surface area contributed by atoms with Gasteiger partial charge in [-0.05, 0) is 37.1 Å². The van der Waals surface area contributed by atoms with E-state index in [4.69, 9.17) is 0 Å². The summed E-state index contributed by atoms with van der Waals surface area (Å²) in [5, 5.41) is 5.40. The van der Waals surface area contributed by atoms with Crippen LogP contribution >= 0.6 is 0 Å². The number of rotatable bonds is 4. The van der Waals surface area contributed by atoms with Crippen molar-refractivity contribution in [2.24, 2.45) is 0 Å². The Morgan fingerprint density at radius 1 is 1.11 bits per heavy atom. The van der Waals surface area contributed by atoms with Gasteiger partial charge in [0.2, 0.25) is 11.8 Å². The van der Waals surface area contributed by atoms with Crippen molar-refractivity contribution in [3.8, 4) is 0 Å². The summed E-state index contributed by atoms with van der Waals surface area (Å²) in [4.78, 5) is 23.2. The lowest BCUT2D eigenvalue weighted by atomic mass is 10.2. The summed E-state index contributed by atoms with van der Waals surface area (Å²) in [7, 11) is 0. The molecule has 1 aliphatic rings. The highest BCUT2D eigenvalue weighted by atomic mass is 19.1. The molecule has 0 heterocycles. The molecule has 1 aromatic rings. The monoisotopic (exact) mass is 264 g/mol. The summed E-state index contributed by atoms with van der Waals surface area (Å²) in [6.07, 6.45) is 4.05. The van der Waals surface area contributed by atoms with Crippen LogP contribution in [0.1, 0.15) is 32.1 Å². The Labute approximate surface area is 111 Å². The van der Waals surface area contributed by atoms with Gasteiger partial charge in [0.05, 0.1) is 0 Å². The Kier molecular flexibility index (Phi) is 4.49. The minimum atomic E-state index is -0.387. The molecule has 0 unspecified atom stereocenters. The standard InChI is InChI=1S/C14H17FN2O2/c15-10-5-7-12(8-6-10)17-14(19)9-13(18)16-11-3-1-2-4-11/h5-8,11H,1-4,9H2,(H,16,18)(H,17,19). The molecule has 0 saturated heterocycles. The highest BCUT2D eigenvalue weighted by molar-refractivity contribution is 6.03. The molecule has 2 amide bonds. The van der Waals surface area contributed by atoms with Crippen molar-refractivity contribution in [2.45, 2.75) is 38.1 Å². The number of amides is 2. The maximum Gasteiger partial charge on any atom is 0.233 e. The third-order valence-corrected chi connectivity index (χ3v) is 3.17. The van der Waals surface area contributed by atoms with Crippen molar-refractivity contribution in [3.63, 3.8) is 0 Å². The van der Waals surface area contributed by atoms with E-state index in [2.05, 4.69) is 10.6 Å². The van der Waals surface area contributed by atoms with Crippen LogP contribution in [-0.2, 0) is 9.59 Å². The van der Waals surface area contributed by atoms with Crippen molar-refractivity contribution in [1.82, 2.24) is 5.32 Å². The lowest BCUT2D eigenvalue weighted by molar-refractivity contribution is -0.127. The SMILES string of the molecule is O=C(CC(=O)NC1CCCC1)Nc1ccc(F)cc1. The van der Waals surface area contributed by atoms with E-state index in [0.717, 1.165) is 25.7 Å². The van der Waals surface area contributed by atoms with Gasteiger partial charge >= 0.3 is 0 Å². The molecule has 102 valence electrons. The number of carbonyl (C=O) groups is 2. The fourth-order valence-electron chi connectivity index (χ4n) is 2.23. The number of halogens is 1. The van der Waals surface area contributed by atoms with Crippen LogP contribution in [0.2, 0.25) is 0 Å². The van der Waals surface area contributed by atoms with Gasteiger partial charge in [-0.2, -0.15) is 0 Å². The van der Waals surface area contributed by atoms with Crippen molar-refractivity contribution in [1.29, 1.82) is 0 Å². The molecular weight excluding hydrogens is 247 g/mol. The summed E-state index contributed by atoms with van der Waals surface area (Å²) in [6, 6.07) is 5.65. The molecule has 1 fully saturated rings. The quantitative estimate of drug-likeness (QED) is 0.819. The fraction of sp³-hybridized carbons (Fsp3) is 0.429. The Balaban J connectivity index is 1.77. The lowest BCUT2D eigenvalue weighted by Gasteiger charge is -2.11. The van der Waals surface area contributed by atoms with Gasteiger partial charge in [0.15, 0.2) is 0 Å². The zero-order valence-corrected chi connectivity index (χ0v) is 10.6. The van der Waals surface area contributed by atoms with Gasteiger partial charge in [-0.3, -0.25) is 9.59 Å². The van der Waals surface area contributed by atoms with E-state index in [1.165, 1.54) is 24.3 Å². The van der Waals surface area contributed by atoms with Gasteiger partial charge in [-0.15, -0.1) is 0 Å². The second-order valence-electron chi connectivity index (χ2n) is 4.78. The second-order valence-corrected chi connectivity index (χ2v) is 4.78. The predicted molar refractivity (Wildman–Crippen MR) is 70.0 cm³/mol. The number of nitrogens with one attached hydrogen (secondary N) is 2. The third kappa shape index (κ3) is 4.35. The molecule has 1 aromatic carbocycles. The van der Waals surface area contributed by atoms with E-state index in [1.54, 1.807) is 0 Å². The first-order valence-corrected chi connectivity index (χ1v) is 6.48. The molecular formula is C14H17FN2O2.